The molecule has 0 saturated heterocycles. The van der Waals surface area contributed by atoms with E-state index in [1.165, 1.54) is 0 Å². The summed E-state index contributed by atoms with van der Waals surface area (Å²) in [6.45, 7) is 2.40. The third-order valence-corrected chi connectivity index (χ3v) is 3.55. The van der Waals surface area contributed by atoms with E-state index in [0.717, 1.165) is 29.1 Å². The molecule has 0 bridgehead atoms. The zero-order chi connectivity index (χ0) is 12.5. The third kappa shape index (κ3) is 1.87. The van der Waals surface area contributed by atoms with Crippen LogP contribution in [0, 0.1) is 11.3 Å². The lowest BCUT2D eigenvalue weighted by atomic mass is 10.1. The summed E-state index contributed by atoms with van der Waals surface area (Å²) in [7, 11) is 0. The quantitative estimate of drug-likeness (QED) is 0.808. The van der Waals surface area contributed by atoms with Crippen molar-refractivity contribution in [1.29, 1.82) is 5.26 Å². The maximum Gasteiger partial charge on any atom is 0.152 e. The zero-order valence-corrected chi connectivity index (χ0v) is 11.1. The normalized spacial score (nSPS) is 14.1. The van der Waals surface area contributed by atoms with Crippen LogP contribution in [0.3, 0.4) is 0 Å². The number of halogens is 1. The second kappa shape index (κ2) is 4.42. The van der Waals surface area contributed by atoms with E-state index in [1.54, 1.807) is 6.33 Å². The molecule has 1 aromatic carbocycles. The topological polar surface area (TPSA) is 57.7 Å². The summed E-state index contributed by atoms with van der Waals surface area (Å²) in [5.41, 5.74) is 1.63. The molecule has 0 N–H and O–H groups in total. The van der Waals surface area contributed by atoms with E-state index in [4.69, 9.17) is 0 Å². The molecule has 5 nitrogen and oxygen atoms in total. The van der Waals surface area contributed by atoms with Crippen LogP contribution in [0.25, 0.3) is 0 Å². The van der Waals surface area contributed by atoms with Gasteiger partial charge < -0.3 is 9.47 Å². The lowest BCUT2D eigenvalue weighted by molar-refractivity contribution is 0.560. The van der Waals surface area contributed by atoms with Crippen molar-refractivity contribution < 1.29 is 0 Å². The van der Waals surface area contributed by atoms with Gasteiger partial charge in [-0.3, -0.25) is 0 Å². The van der Waals surface area contributed by atoms with Crippen LogP contribution in [0.2, 0.25) is 0 Å². The van der Waals surface area contributed by atoms with E-state index >= 15 is 0 Å². The van der Waals surface area contributed by atoms with E-state index in [2.05, 4.69) is 37.1 Å². The van der Waals surface area contributed by atoms with Gasteiger partial charge in [-0.05, 0) is 18.2 Å². The lowest BCUT2D eigenvalue weighted by Crippen LogP contribution is -2.34. The van der Waals surface area contributed by atoms with E-state index in [0.29, 0.717) is 12.1 Å². The van der Waals surface area contributed by atoms with Crippen molar-refractivity contribution in [2.24, 2.45) is 0 Å². The first-order valence-electron chi connectivity index (χ1n) is 5.59. The number of benzene rings is 1. The highest BCUT2D eigenvalue weighted by atomic mass is 79.9. The molecule has 0 saturated carbocycles. The van der Waals surface area contributed by atoms with Gasteiger partial charge >= 0.3 is 0 Å². The van der Waals surface area contributed by atoms with Gasteiger partial charge in [-0.2, -0.15) is 5.26 Å². The van der Waals surface area contributed by atoms with Gasteiger partial charge in [0.2, 0.25) is 0 Å². The molecule has 1 aliphatic heterocycles. The minimum Gasteiger partial charge on any atom is -0.361 e. The van der Waals surface area contributed by atoms with Crippen molar-refractivity contribution in [2.75, 3.05) is 11.4 Å². The molecule has 0 spiro atoms. The molecule has 2 heterocycles. The lowest BCUT2D eigenvalue weighted by Gasteiger charge is -2.29. The standard InChI is InChI=1S/C12H10BrN5/c13-10-1-2-11(9(5-10)6-14)17-3-4-18-8-15-16-12(18)7-17/h1-2,5,8H,3-4,7H2. The summed E-state index contributed by atoms with van der Waals surface area (Å²) in [6.07, 6.45) is 1.75. The second-order valence-electron chi connectivity index (χ2n) is 4.14. The Kier molecular flexibility index (Phi) is 2.76. The molecule has 90 valence electrons. The summed E-state index contributed by atoms with van der Waals surface area (Å²) in [5.74, 6) is 0.938. The Labute approximate surface area is 113 Å². The van der Waals surface area contributed by atoms with Crippen molar-refractivity contribution in [2.45, 2.75) is 13.1 Å². The number of fused-ring (bicyclic) bond motifs is 1. The first-order chi connectivity index (χ1) is 8.78. The van der Waals surface area contributed by atoms with E-state index < -0.39 is 0 Å². The van der Waals surface area contributed by atoms with Crippen LogP contribution in [0.4, 0.5) is 5.69 Å². The van der Waals surface area contributed by atoms with Crippen molar-refractivity contribution in [3.05, 3.63) is 40.4 Å². The molecular weight excluding hydrogens is 294 g/mol. The minimum atomic E-state index is 0.678. The van der Waals surface area contributed by atoms with Gasteiger partial charge in [0.15, 0.2) is 5.82 Å². The number of hydrogen-bond donors (Lipinski definition) is 0. The van der Waals surface area contributed by atoms with Crippen LogP contribution in [-0.4, -0.2) is 21.3 Å². The maximum atomic E-state index is 9.20. The Morgan fingerprint density at radius 3 is 3.06 bits per heavy atom. The van der Waals surface area contributed by atoms with Gasteiger partial charge in [0.1, 0.15) is 12.4 Å². The van der Waals surface area contributed by atoms with Crippen LogP contribution in [0.5, 0.6) is 0 Å². The number of nitriles is 1. The van der Waals surface area contributed by atoms with Crippen LogP contribution < -0.4 is 4.90 Å². The van der Waals surface area contributed by atoms with E-state index in [-0.39, 0.29) is 0 Å². The van der Waals surface area contributed by atoms with E-state index in [9.17, 15) is 5.26 Å². The largest absolute Gasteiger partial charge is 0.361 e. The van der Waals surface area contributed by atoms with Gasteiger partial charge in [0, 0.05) is 17.6 Å². The summed E-state index contributed by atoms with van der Waals surface area (Å²) in [5, 5.41) is 17.2. The fourth-order valence-corrected chi connectivity index (χ4v) is 2.51. The van der Waals surface area contributed by atoms with Crippen LogP contribution in [-0.2, 0) is 13.1 Å². The fourth-order valence-electron chi connectivity index (χ4n) is 2.15. The predicted octanol–water partition coefficient (Wildman–Crippen LogP) is 1.93. The molecule has 0 fully saturated rings. The Balaban J connectivity index is 1.96. The Hall–Kier alpha value is -1.87. The molecule has 1 aliphatic rings. The van der Waals surface area contributed by atoms with Crippen LogP contribution in [0.15, 0.2) is 29.0 Å². The average molecular weight is 304 g/mol. The summed E-state index contributed by atoms with van der Waals surface area (Å²) < 4.78 is 2.96. The molecular formula is C12H10BrN5. The summed E-state index contributed by atoms with van der Waals surface area (Å²) in [4.78, 5) is 2.16. The molecule has 2 aromatic rings. The highest BCUT2D eigenvalue weighted by Gasteiger charge is 2.19. The first-order valence-corrected chi connectivity index (χ1v) is 6.38. The highest BCUT2D eigenvalue weighted by molar-refractivity contribution is 9.10. The molecule has 6 heteroatoms. The monoisotopic (exact) mass is 303 g/mol. The predicted molar refractivity (Wildman–Crippen MR) is 69.9 cm³/mol. The summed E-state index contributed by atoms with van der Waals surface area (Å²) in [6, 6.07) is 8.00. The molecule has 18 heavy (non-hydrogen) atoms. The molecule has 1 aromatic heterocycles. The van der Waals surface area contributed by atoms with Crippen molar-refractivity contribution in [3.63, 3.8) is 0 Å². The fraction of sp³-hybridized carbons (Fsp3) is 0.250. The number of hydrogen-bond acceptors (Lipinski definition) is 4. The molecule has 0 amide bonds. The molecule has 0 radical (unpaired) electrons. The molecule has 0 unspecified atom stereocenters. The van der Waals surface area contributed by atoms with Crippen LogP contribution >= 0.6 is 15.9 Å². The molecule has 3 rings (SSSR count). The zero-order valence-electron chi connectivity index (χ0n) is 9.54. The average Bonchev–Trinajstić information content (AvgIpc) is 2.85. The third-order valence-electron chi connectivity index (χ3n) is 3.06. The first kappa shape index (κ1) is 11.2. The Bertz CT molecular complexity index is 628. The maximum absolute atomic E-state index is 9.20. The second-order valence-corrected chi connectivity index (χ2v) is 5.05. The number of aromatic nitrogens is 3. The van der Waals surface area contributed by atoms with Crippen molar-refractivity contribution in [3.8, 4) is 6.07 Å². The smallest absolute Gasteiger partial charge is 0.152 e. The van der Waals surface area contributed by atoms with Gasteiger partial charge in [0.25, 0.3) is 0 Å². The number of nitrogens with zero attached hydrogens (tertiary/aromatic N) is 5. The van der Waals surface area contributed by atoms with E-state index in [1.807, 2.05) is 22.8 Å². The van der Waals surface area contributed by atoms with Gasteiger partial charge in [-0.25, -0.2) is 0 Å². The van der Waals surface area contributed by atoms with Gasteiger partial charge in [0.05, 0.1) is 17.8 Å². The number of rotatable bonds is 1. The Morgan fingerprint density at radius 1 is 1.33 bits per heavy atom. The molecule has 0 aliphatic carbocycles. The number of anilines is 1. The highest BCUT2D eigenvalue weighted by Crippen LogP contribution is 2.26. The molecule has 0 atom stereocenters. The Morgan fingerprint density at radius 2 is 2.22 bits per heavy atom. The van der Waals surface area contributed by atoms with Crippen molar-refractivity contribution in [1.82, 2.24) is 14.8 Å². The van der Waals surface area contributed by atoms with Crippen molar-refractivity contribution >= 4 is 21.6 Å². The summed E-state index contributed by atoms with van der Waals surface area (Å²) >= 11 is 3.38. The van der Waals surface area contributed by atoms with Gasteiger partial charge in [-0.1, -0.05) is 15.9 Å². The SMILES string of the molecule is N#Cc1cc(Br)ccc1N1CCn2cnnc2C1. The van der Waals surface area contributed by atoms with Gasteiger partial charge in [-0.15, -0.1) is 10.2 Å². The van der Waals surface area contributed by atoms with Crippen LogP contribution in [0.1, 0.15) is 11.4 Å². The minimum absolute atomic E-state index is 0.678.